The summed E-state index contributed by atoms with van der Waals surface area (Å²) in [5.74, 6) is 0.107. The number of nitro groups is 1. The highest BCUT2D eigenvalue weighted by Crippen LogP contribution is 2.18. The van der Waals surface area contributed by atoms with Gasteiger partial charge in [-0.25, -0.2) is 0 Å². The van der Waals surface area contributed by atoms with Gasteiger partial charge in [0.2, 0.25) is 0 Å². The van der Waals surface area contributed by atoms with Crippen LogP contribution in [0.25, 0.3) is 0 Å². The summed E-state index contributed by atoms with van der Waals surface area (Å²) in [6.45, 7) is 1.68. The van der Waals surface area contributed by atoms with Gasteiger partial charge in [-0.2, -0.15) is 0 Å². The van der Waals surface area contributed by atoms with Crippen molar-refractivity contribution in [1.82, 2.24) is 5.32 Å². The first-order valence-electron chi connectivity index (χ1n) is 6.88. The molecular formula is C16H15ClN2O4. The molecule has 0 heterocycles. The monoisotopic (exact) mass is 334 g/mol. The topological polar surface area (TPSA) is 81.5 Å². The number of benzene rings is 2. The smallest absolute Gasteiger partial charge is 0.269 e. The summed E-state index contributed by atoms with van der Waals surface area (Å²) >= 11 is 5.82. The molecular weight excluding hydrogens is 320 g/mol. The van der Waals surface area contributed by atoms with E-state index in [1.54, 1.807) is 12.1 Å². The molecule has 120 valence electrons. The molecule has 0 aliphatic heterocycles. The van der Waals surface area contributed by atoms with Gasteiger partial charge in [-0.1, -0.05) is 23.7 Å². The van der Waals surface area contributed by atoms with Crippen molar-refractivity contribution in [3.05, 3.63) is 69.2 Å². The molecule has 0 aliphatic rings. The van der Waals surface area contributed by atoms with Gasteiger partial charge >= 0.3 is 0 Å². The quantitative estimate of drug-likeness (QED) is 0.647. The van der Waals surface area contributed by atoms with Crippen LogP contribution in [0.1, 0.15) is 18.5 Å². The highest BCUT2D eigenvalue weighted by molar-refractivity contribution is 6.30. The van der Waals surface area contributed by atoms with Crippen molar-refractivity contribution in [2.75, 3.05) is 6.61 Å². The van der Waals surface area contributed by atoms with Gasteiger partial charge in [0.15, 0.2) is 6.61 Å². The first-order valence-corrected chi connectivity index (χ1v) is 7.25. The van der Waals surface area contributed by atoms with Gasteiger partial charge in [0.1, 0.15) is 5.75 Å². The molecule has 0 saturated carbocycles. The lowest BCUT2D eigenvalue weighted by Crippen LogP contribution is -2.31. The molecule has 6 nitrogen and oxygen atoms in total. The van der Waals surface area contributed by atoms with E-state index in [0.717, 1.165) is 5.56 Å². The number of non-ortho nitro benzene ring substituents is 1. The van der Waals surface area contributed by atoms with Crippen molar-refractivity contribution in [1.29, 1.82) is 0 Å². The number of carbonyl (C=O) groups is 1. The standard InChI is InChI=1S/C16H15ClN2O4/c1-11(12-2-4-13(17)5-3-12)18-16(20)10-23-15-8-6-14(7-9-15)19(21)22/h2-9,11H,10H2,1H3,(H,18,20). The van der Waals surface area contributed by atoms with Crippen LogP contribution in [0.3, 0.4) is 0 Å². The van der Waals surface area contributed by atoms with E-state index in [9.17, 15) is 14.9 Å². The van der Waals surface area contributed by atoms with Crippen molar-refractivity contribution < 1.29 is 14.5 Å². The Bertz CT molecular complexity index is 686. The zero-order chi connectivity index (χ0) is 16.8. The Morgan fingerprint density at radius 2 is 1.83 bits per heavy atom. The Hall–Kier alpha value is -2.60. The number of halogens is 1. The van der Waals surface area contributed by atoms with Crippen molar-refractivity contribution in [3.8, 4) is 5.75 Å². The Labute approximate surface area is 138 Å². The number of nitrogens with one attached hydrogen (secondary N) is 1. The number of nitrogens with zero attached hydrogens (tertiary/aromatic N) is 1. The molecule has 0 fully saturated rings. The maximum Gasteiger partial charge on any atom is 0.269 e. The van der Waals surface area contributed by atoms with Crippen molar-refractivity contribution in [3.63, 3.8) is 0 Å². The first kappa shape index (κ1) is 16.8. The molecule has 1 unspecified atom stereocenters. The Morgan fingerprint density at radius 1 is 1.22 bits per heavy atom. The van der Waals surface area contributed by atoms with Gasteiger partial charge < -0.3 is 10.1 Å². The number of ether oxygens (including phenoxy) is 1. The van der Waals surface area contributed by atoms with Crippen molar-refractivity contribution in [2.24, 2.45) is 0 Å². The molecule has 2 aromatic rings. The minimum atomic E-state index is -0.496. The molecule has 7 heteroatoms. The SMILES string of the molecule is CC(NC(=O)COc1ccc([N+](=O)[O-])cc1)c1ccc(Cl)cc1. The number of amides is 1. The zero-order valence-electron chi connectivity index (χ0n) is 12.4. The number of carbonyl (C=O) groups excluding carboxylic acids is 1. The zero-order valence-corrected chi connectivity index (χ0v) is 13.1. The van der Waals surface area contributed by atoms with E-state index in [1.165, 1.54) is 24.3 Å². The fourth-order valence-corrected chi connectivity index (χ4v) is 2.06. The van der Waals surface area contributed by atoms with E-state index in [-0.39, 0.29) is 24.2 Å². The Balaban J connectivity index is 1.84. The Morgan fingerprint density at radius 3 is 2.39 bits per heavy atom. The summed E-state index contributed by atoms with van der Waals surface area (Å²) in [6, 6.07) is 12.6. The highest BCUT2D eigenvalue weighted by Gasteiger charge is 2.11. The van der Waals surface area contributed by atoms with E-state index in [4.69, 9.17) is 16.3 Å². The normalized spacial score (nSPS) is 11.6. The van der Waals surface area contributed by atoms with E-state index in [1.807, 2.05) is 19.1 Å². The molecule has 0 aliphatic carbocycles. The maximum absolute atomic E-state index is 11.9. The number of hydrogen-bond donors (Lipinski definition) is 1. The molecule has 0 aromatic heterocycles. The lowest BCUT2D eigenvalue weighted by Gasteiger charge is -2.14. The van der Waals surface area contributed by atoms with Crippen LogP contribution in [-0.4, -0.2) is 17.4 Å². The number of nitro benzene ring substituents is 1. The maximum atomic E-state index is 11.9. The lowest BCUT2D eigenvalue weighted by atomic mass is 10.1. The average Bonchev–Trinajstić information content (AvgIpc) is 2.54. The fourth-order valence-electron chi connectivity index (χ4n) is 1.93. The molecule has 0 spiro atoms. The fraction of sp³-hybridized carbons (Fsp3) is 0.188. The number of hydrogen-bond acceptors (Lipinski definition) is 4. The second-order valence-corrected chi connectivity index (χ2v) is 5.32. The van der Waals surface area contributed by atoms with E-state index in [0.29, 0.717) is 10.8 Å². The summed E-state index contributed by atoms with van der Waals surface area (Å²) in [4.78, 5) is 21.9. The summed E-state index contributed by atoms with van der Waals surface area (Å²) in [5, 5.41) is 14.0. The molecule has 0 radical (unpaired) electrons. The highest BCUT2D eigenvalue weighted by atomic mass is 35.5. The molecule has 2 aromatic carbocycles. The third-order valence-corrected chi connectivity index (χ3v) is 3.42. The molecule has 0 saturated heterocycles. The van der Waals surface area contributed by atoms with Crippen LogP contribution in [0.5, 0.6) is 5.75 Å². The van der Waals surface area contributed by atoms with Gasteiger partial charge in [-0.3, -0.25) is 14.9 Å². The third-order valence-electron chi connectivity index (χ3n) is 3.16. The molecule has 0 bridgehead atoms. The first-order chi connectivity index (χ1) is 11.0. The van der Waals surface area contributed by atoms with Crippen LogP contribution in [-0.2, 0) is 4.79 Å². The van der Waals surface area contributed by atoms with Crippen LogP contribution in [0.15, 0.2) is 48.5 Å². The minimum absolute atomic E-state index is 0.0295. The van der Waals surface area contributed by atoms with Crippen LogP contribution >= 0.6 is 11.6 Å². The van der Waals surface area contributed by atoms with Crippen LogP contribution in [0.2, 0.25) is 5.02 Å². The molecule has 1 amide bonds. The van der Waals surface area contributed by atoms with Gasteiger partial charge in [0, 0.05) is 17.2 Å². The van der Waals surface area contributed by atoms with E-state index < -0.39 is 4.92 Å². The number of rotatable bonds is 6. The molecule has 2 rings (SSSR count). The largest absolute Gasteiger partial charge is 0.484 e. The second-order valence-electron chi connectivity index (χ2n) is 4.88. The predicted molar refractivity (Wildman–Crippen MR) is 86.6 cm³/mol. The molecule has 23 heavy (non-hydrogen) atoms. The van der Waals surface area contributed by atoms with Gasteiger partial charge in [0.25, 0.3) is 11.6 Å². The van der Waals surface area contributed by atoms with Crippen molar-refractivity contribution in [2.45, 2.75) is 13.0 Å². The lowest BCUT2D eigenvalue weighted by molar-refractivity contribution is -0.384. The van der Waals surface area contributed by atoms with E-state index >= 15 is 0 Å². The van der Waals surface area contributed by atoms with Crippen molar-refractivity contribution >= 4 is 23.2 Å². The van der Waals surface area contributed by atoms with Gasteiger partial charge in [-0.15, -0.1) is 0 Å². The summed E-state index contributed by atoms with van der Waals surface area (Å²) in [5.41, 5.74) is 0.899. The predicted octanol–water partition coefficient (Wildman–Crippen LogP) is 3.50. The molecule has 1 atom stereocenters. The minimum Gasteiger partial charge on any atom is -0.484 e. The summed E-state index contributed by atoms with van der Waals surface area (Å²) < 4.78 is 5.30. The average molecular weight is 335 g/mol. The second kappa shape index (κ2) is 7.60. The third kappa shape index (κ3) is 4.96. The Kier molecular flexibility index (Phi) is 5.54. The molecule has 1 N–H and O–H groups in total. The van der Waals surface area contributed by atoms with E-state index in [2.05, 4.69) is 5.32 Å². The summed E-state index contributed by atoms with van der Waals surface area (Å²) in [6.07, 6.45) is 0. The van der Waals surface area contributed by atoms with Crippen LogP contribution in [0, 0.1) is 10.1 Å². The summed E-state index contributed by atoms with van der Waals surface area (Å²) in [7, 11) is 0. The van der Waals surface area contributed by atoms with Crippen LogP contribution < -0.4 is 10.1 Å². The van der Waals surface area contributed by atoms with Gasteiger partial charge in [0.05, 0.1) is 11.0 Å². The van der Waals surface area contributed by atoms with Gasteiger partial charge in [-0.05, 0) is 36.8 Å². The van der Waals surface area contributed by atoms with Crippen LogP contribution in [0.4, 0.5) is 5.69 Å².